The van der Waals surface area contributed by atoms with Crippen LogP contribution in [0.25, 0.3) is 22.6 Å². The summed E-state index contributed by atoms with van der Waals surface area (Å²) in [5.41, 5.74) is 0.00946. The summed E-state index contributed by atoms with van der Waals surface area (Å²) in [6.45, 7) is -0.160. The standard InChI is InChI=1S/C21H17FN6O4/c22-21(11-30-12-21)13-31-20-23-8-15(9-24-20)16-6-7-18(29)28(26-16)10-17-25-19(27-32-17)14-4-2-1-3-5-14/h1-9H,10-13H2. The maximum Gasteiger partial charge on any atom is 0.316 e. The van der Waals surface area contributed by atoms with Gasteiger partial charge in [-0.05, 0) is 6.07 Å². The summed E-state index contributed by atoms with van der Waals surface area (Å²) in [6.07, 6.45) is 2.98. The van der Waals surface area contributed by atoms with Crippen LogP contribution in [0.2, 0.25) is 0 Å². The average Bonchev–Trinajstić information content (AvgIpc) is 3.27. The molecule has 1 aromatic carbocycles. The third-order valence-corrected chi connectivity index (χ3v) is 4.76. The van der Waals surface area contributed by atoms with Gasteiger partial charge in [0.05, 0.1) is 18.9 Å². The molecule has 1 aliphatic rings. The Hall–Kier alpha value is -3.99. The van der Waals surface area contributed by atoms with Gasteiger partial charge in [-0.1, -0.05) is 35.5 Å². The molecule has 11 heteroatoms. The highest BCUT2D eigenvalue weighted by Crippen LogP contribution is 2.23. The minimum atomic E-state index is -1.49. The number of hydrogen-bond acceptors (Lipinski definition) is 9. The monoisotopic (exact) mass is 436 g/mol. The maximum atomic E-state index is 13.9. The summed E-state index contributed by atoms with van der Waals surface area (Å²) in [4.78, 5) is 24.8. The van der Waals surface area contributed by atoms with Crippen LogP contribution in [0.4, 0.5) is 4.39 Å². The zero-order chi connectivity index (χ0) is 22.0. The molecule has 3 aromatic heterocycles. The Morgan fingerprint density at radius 3 is 2.56 bits per heavy atom. The van der Waals surface area contributed by atoms with Gasteiger partial charge in [0.15, 0.2) is 5.67 Å². The Morgan fingerprint density at radius 1 is 1.06 bits per heavy atom. The van der Waals surface area contributed by atoms with Crippen LogP contribution in [0.15, 0.2) is 64.2 Å². The molecule has 1 saturated heterocycles. The summed E-state index contributed by atoms with van der Waals surface area (Å²) in [7, 11) is 0. The zero-order valence-electron chi connectivity index (χ0n) is 16.7. The number of hydrogen-bond donors (Lipinski definition) is 0. The molecular weight excluding hydrogens is 419 g/mol. The van der Waals surface area contributed by atoms with E-state index >= 15 is 0 Å². The van der Waals surface area contributed by atoms with Crippen LogP contribution >= 0.6 is 0 Å². The van der Waals surface area contributed by atoms with E-state index in [1.54, 1.807) is 6.07 Å². The Labute approximate surface area is 180 Å². The van der Waals surface area contributed by atoms with Crippen LogP contribution < -0.4 is 10.3 Å². The SMILES string of the molecule is O=c1ccc(-c2cnc(OCC3(F)COC3)nc2)nn1Cc1nc(-c2ccccc2)no1. The maximum absolute atomic E-state index is 13.9. The number of nitrogens with zero attached hydrogens (tertiary/aromatic N) is 6. The van der Waals surface area contributed by atoms with Crippen molar-refractivity contribution in [2.45, 2.75) is 12.2 Å². The Morgan fingerprint density at radius 2 is 1.84 bits per heavy atom. The summed E-state index contributed by atoms with van der Waals surface area (Å²) < 4.78 is 30.5. The van der Waals surface area contributed by atoms with E-state index in [0.29, 0.717) is 17.1 Å². The predicted octanol–water partition coefficient (Wildman–Crippen LogP) is 1.92. The van der Waals surface area contributed by atoms with E-state index in [-0.39, 0.29) is 43.8 Å². The van der Waals surface area contributed by atoms with Gasteiger partial charge in [-0.2, -0.15) is 10.1 Å². The van der Waals surface area contributed by atoms with Gasteiger partial charge < -0.3 is 14.0 Å². The molecule has 0 aliphatic carbocycles. The summed E-state index contributed by atoms with van der Waals surface area (Å²) in [6, 6.07) is 12.3. The molecule has 162 valence electrons. The lowest BCUT2D eigenvalue weighted by atomic mass is 10.1. The van der Waals surface area contributed by atoms with E-state index in [9.17, 15) is 9.18 Å². The second kappa shape index (κ2) is 8.27. The van der Waals surface area contributed by atoms with E-state index in [1.165, 1.54) is 23.1 Å². The Bertz CT molecular complexity index is 1270. The van der Waals surface area contributed by atoms with Crippen molar-refractivity contribution < 1.29 is 18.4 Å². The van der Waals surface area contributed by atoms with Crippen molar-refractivity contribution in [3.05, 3.63) is 71.1 Å². The van der Waals surface area contributed by atoms with E-state index in [0.717, 1.165) is 5.56 Å². The van der Waals surface area contributed by atoms with E-state index < -0.39 is 5.67 Å². The molecule has 0 amide bonds. The normalized spacial score (nSPS) is 14.7. The third kappa shape index (κ3) is 4.23. The highest BCUT2D eigenvalue weighted by molar-refractivity contribution is 5.56. The molecule has 5 rings (SSSR count). The average molecular weight is 436 g/mol. The highest BCUT2D eigenvalue weighted by atomic mass is 19.1. The van der Waals surface area contributed by atoms with Crippen molar-refractivity contribution in [2.24, 2.45) is 0 Å². The van der Waals surface area contributed by atoms with Crippen LogP contribution in [-0.4, -0.2) is 55.4 Å². The highest BCUT2D eigenvalue weighted by Gasteiger charge is 2.40. The second-order valence-electron chi connectivity index (χ2n) is 7.28. The van der Waals surface area contributed by atoms with Gasteiger partial charge in [0.25, 0.3) is 5.56 Å². The Kier molecular flexibility index (Phi) is 5.15. The van der Waals surface area contributed by atoms with Crippen molar-refractivity contribution >= 4 is 0 Å². The van der Waals surface area contributed by atoms with Gasteiger partial charge >= 0.3 is 6.01 Å². The van der Waals surface area contributed by atoms with Gasteiger partial charge in [-0.15, -0.1) is 0 Å². The minimum Gasteiger partial charge on any atom is -0.460 e. The number of alkyl halides is 1. The molecule has 32 heavy (non-hydrogen) atoms. The molecule has 1 aliphatic heterocycles. The molecule has 4 heterocycles. The molecule has 0 saturated carbocycles. The second-order valence-corrected chi connectivity index (χ2v) is 7.28. The molecule has 0 atom stereocenters. The van der Waals surface area contributed by atoms with Crippen molar-refractivity contribution in [1.29, 1.82) is 0 Å². The van der Waals surface area contributed by atoms with E-state index in [2.05, 4.69) is 25.2 Å². The molecular formula is C21H17FN6O4. The van der Waals surface area contributed by atoms with Gasteiger partial charge in [0.2, 0.25) is 11.7 Å². The molecule has 4 aromatic rings. The molecule has 0 unspecified atom stereocenters. The smallest absolute Gasteiger partial charge is 0.316 e. The lowest BCUT2D eigenvalue weighted by Gasteiger charge is -2.32. The minimum absolute atomic E-state index is 0.00341. The van der Waals surface area contributed by atoms with Gasteiger partial charge in [-0.3, -0.25) is 4.79 Å². The van der Waals surface area contributed by atoms with Gasteiger partial charge in [0, 0.05) is 29.6 Å². The van der Waals surface area contributed by atoms with Gasteiger partial charge in [0.1, 0.15) is 13.2 Å². The van der Waals surface area contributed by atoms with E-state index in [1.807, 2.05) is 30.3 Å². The van der Waals surface area contributed by atoms with Crippen LogP contribution in [0, 0.1) is 0 Å². The fourth-order valence-corrected chi connectivity index (χ4v) is 2.99. The zero-order valence-corrected chi connectivity index (χ0v) is 16.7. The van der Waals surface area contributed by atoms with E-state index in [4.69, 9.17) is 14.0 Å². The Balaban J connectivity index is 1.30. The molecule has 0 spiro atoms. The molecule has 0 bridgehead atoms. The predicted molar refractivity (Wildman–Crippen MR) is 109 cm³/mol. The number of halogens is 1. The van der Waals surface area contributed by atoms with Crippen molar-refractivity contribution in [3.8, 4) is 28.7 Å². The first kappa shape index (κ1) is 19.9. The summed E-state index contributed by atoms with van der Waals surface area (Å²) in [5, 5.41) is 8.29. The third-order valence-electron chi connectivity index (χ3n) is 4.76. The molecule has 0 radical (unpaired) electrons. The van der Waals surface area contributed by atoms with Crippen LogP contribution in [0.3, 0.4) is 0 Å². The van der Waals surface area contributed by atoms with Gasteiger partial charge in [-0.25, -0.2) is 19.0 Å². The topological polar surface area (TPSA) is 118 Å². The molecule has 1 fully saturated rings. The largest absolute Gasteiger partial charge is 0.460 e. The van der Waals surface area contributed by atoms with Crippen LogP contribution in [0.5, 0.6) is 6.01 Å². The van der Waals surface area contributed by atoms with Crippen LogP contribution in [-0.2, 0) is 11.3 Å². The first-order chi connectivity index (χ1) is 15.6. The first-order valence-corrected chi connectivity index (χ1v) is 9.76. The number of benzene rings is 1. The number of aromatic nitrogens is 6. The molecule has 10 nitrogen and oxygen atoms in total. The van der Waals surface area contributed by atoms with Crippen molar-refractivity contribution in [2.75, 3.05) is 19.8 Å². The lowest BCUT2D eigenvalue weighted by molar-refractivity contribution is -0.147. The quantitative estimate of drug-likeness (QED) is 0.428. The number of rotatable bonds is 7. The first-order valence-electron chi connectivity index (χ1n) is 9.76. The molecule has 0 N–H and O–H groups in total. The lowest BCUT2D eigenvalue weighted by Crippen LogP contribution is -2.50. The number of ether oxygens (including phenoxy) is 2. The van der Waals surface area contributed by atoms with Crippen molar-refractivity contribution in [3.63, 3.8) is 0 Å². The summed E-state index contributed by atoms with van der Waals surface area (Å²) in [5.74, 6) is 0.674. The fraction of sp³-hybridized carbons (Fsp3) is 0.238. The summed E-state index contributed by atoms with van der Waals surface area (Å²) >= 11 is 0. The van der Waals surface area contributed by atoms with Crippen LogP contribution in [0.1, 0.15) is 5.89 Å². The van der Waals surface area contributed by atoms with Crippen molar-refractivity contribution in [1.82, 2.24) is 29.9 Å². The fourth-order valence-electron chi connectivity index (χ4n) is 2.99.